The zero-order chi connectivity index (χ0) is 10.4. The molecule has 1 aliphatic carbocycles. The third kappa shape index (κ3) is 4.05. The standard InChI is InChI=1S/C12H22N2/c1-4-6-12(14-5-2)9-13-8-11-7-10(11)3/h4,6,10-11,13H,5,7-9H2,1-3H3/b6-4-,14-12+. The number of aliphatic imine (C=N–C) groups is 1. The van der Waals surface area contributed by atoms with Crippen molar-refractivity contribution in [3.05, 3.63) is 12.2 Å². The second-order valence-corrected chi connectivity index (χ2v) is 4.07. The van der Waals surface area contributed by atoms with Crippen molar-refractivity contribution in [2.45, 2.75) is 27.2 Å². The predicted molar refractivity (Wildman–Crippen MR) is 62.9 cm³/mol. The van der Waals surface area contributed by atoms with Gasteiger partial charge in [0.1, 0.15) is 0 Å². The zero-order valence-corrected chi connectivity index (χ0v) is 9.59. The molecule has 2 nitrogen and oxygen atoms in total. The maximum atomic E-state index is 4.42. The number of nitrogens with zero attached hydrogens (tertiary/aromatic N) is 1. The van der Waals surface area contributed by atoms with Crippen molar-refractivity contribution in [1.82, 2.24) is 5.32 Å². The summed E-state index contributed by atoms with van der Waals surface area (Å²) in [5.41, 5.74) is 1.17. The Balaban J connectivity index is 2.16. The van der Waals surface area contributed by atoms with Crippen LogP contribution in [0.1, 0.15) is 27.2 Å². The molecule has 1 saturated carbocycles. The van der Waals surface area contributed by atoms with Crippen LogP contribution in [0.25, 0.3) is 0 Å². The molecule has 1 N–H and O–H groups in total. The summed E-state index contributed by atoms with van der Waals surface area (Å²) in [4.78, 5) is 4.42. The van der Waals surface area contributed by atoms with Crippen LogP contribution in [0.2, 0.25) is 0 Å². The molecule has 2 heteroatoms. The minimum absolute atomic E-state index is 0.876. The van der Waals surface area contributed by atoms with Gasteiger partial charge in [0.15, 0.2) is 0 Å². The normalized spacial score (nSPS) is 27.2. The summed E-state index contributed by atoms with van der Waals surface area (Å²) >= 11 is 0. The highest BCUT2D eigenvalue weighted by molar-refractivity contribution is 5.96. The van der Waals surface area contributed by atoms with Gasteiger partial charge in [-0.25, -0.2) is 0 Å². The molecule has 0 aromatic rings. The van der Waals surface area contributed by atoms with Crippen molar-refractivity contribution in [2.75, 3.05) is 19.6 Å². The molecule has 0 aromatic heterocycles. The van der Waals surface area contributed by atoms with Crippen LogP contribution in [0.3, 0.4) is 0 Å². The second kappa shape index (κ2) is 5.97. The van der Waals surface area contributed by atoms with Gasteiger partial charge in [-0.3, -0.25) is 4.99 Å². The molecular weight excluding hydrogens is 172 g/mol. The van der Waals surface area contributed by atoms with E-state index in [1.807, 2.05) is 6.92 Å². The lowest BCUT2D eigenvalue weighted by Gasteiger charge is -2.03. The minimum atomic E-state index is 0.876. The summed E-state index contributed by atoms with van der Waals surface area (Å²) in [5, 5.41) is 3.47. The average molecular weight is 194 g/mol. The van der Waals surface area contributed by atoms with Gasteiger partial charge in [-0.2, -0.15) is 0 Å². The Morgan fingerprint density at radius 3 is 2.79 bits per heavy atom. The van der Waals surface area contributed by atoms with Gasteiger partial charge in [-0.1, -0.05) is 13.0 Å². The lowest BCUT2D eigenvalue weighted by molar-refractivity contribution is 0.654. The van der Waals surface area contributed by atoms with E-state index in [1.165, 1.54) is 12.1 Å². The van der Waals surface area contributed by atoms with Crippen molar-refractivity contribution in [3.8, 4) is 0 Å². The highest BCUT2D eigenvalue weighted by Crippen LogP contribution is 2.36. The van der Waals surface area contributed by atoms with Crippen molar-refractivity contribution < 1.29 is 0 Å². The summed E-state index contributed by atoms with van der Waals surface area (Å²) < 4.78 is 0. The van der Waals surface area contributed by atoms with E-state index in [9.17, 15) is 0 Å². The SMILES string of the molecule is C/C=C\C(CNCC1CC1C)=N/CC. The van der Waals surface area contributed by atoms with Gasteiger partial charge in [-0.15, -0.1) is 0 Å². The van der Waals surface area contributed by atoms with Crippen molar-refractivity contribution in [2.24, 2.45) is 16.8 Å². The molecule has 0 amide bonds. The van der Waals surface area contributed by atoms with E-state index in [2.05, 4.69) is 36.3 Å². The maximum absolute atomic E-state index is 4.42. The third-order valence-electron chi connectivity index (χ3n) is 2.71. The number of hydrogen-bond donors (Lipinski definition) is 1. The first kappa shape index (κ1) is 11.4. The van der Waals surface area contributed by atoms with Crippen LogP contribution in [0.15, 0.2) is 17.1 Å². The van der Waals surface area contributed by atoms with E-state index in [-0.39, 0.29) is 0 Å². The first-order valence-electron chi connectivity index (χ1n) is 5.64. The summed E-state index contributed by atoms with van der Waals surface area (Å²) in [6, 6.07) is 0. The number of rotatable bonds is 6. The molecule has 0 saturated heterocycles. The molecule has 80 valence electrons. The van der Waals surface area contributed by atoms with Crippen LogP contribution < -0.4 is 5.32 Å². The Hall–Kier alpha value is -0.630. The molecular formula is C12H22N2. The molecule has 1 rings (SSSR count). The molecule has 0 bridgehead atoms. The molecule has 1 aliphatic rings. The van der Waals surface area contributed by atoms with Crippen LogP contribution in [0.4, 0.5) is 0 Å². The van der Waals surface area contributed by atoms with E-state index < -0.39 is 0 Å². The van der Waals surface area contributed by atoms with Crippen LogP contribution in [-0.2, 0) is 0 Å². The number of nitrogens with one attached hydrogen (secondary N) is 1. The van der Waals surface area contributed by atoms with Crippen LogP contribution in [-0.4, -0.2) is 25.3 Å². The lowest BCUT2D eigenvalue weighted by atomic mass is 10.3. The van der Waals surface area contributed by atoms with Gasteiger partial charge in [0.2, 0.25) is 0 Å². The van der Waals surface area contributed by atoms with Gasteiger partial charge in [0.25, 0.3) is 0 Å². The van der Waals surface area contributed by atoms with Crippen molar-refractivity contribution in [3.63, 3.8) is 0 Å². The van der Waals surface area contributed by atoms with E-state index in [0.29, 0.717) is 0 Å². The third-order valence-corrected chi connectivity index (χ3v) is 2.71. The molecule has 14 heavy (non-hydrogen) atoms. The highest BCUT2D eigenvalue weighted by atomic mass is 14.9. The fourth-order valence-electron chi connectivity index (χ4n) is 1.63. The Morgan fingerprint density at radius 2 is 2.29 bits per heavy atom. The van der Waals surface area contributed by atoms with Gasteiger partial charge in [0, 0.05) is 18.8 Å². The summed E-state index contributed by atoms with van der Waals surface area (Å²) in [6.07, 6.45) is 5.54. The van der Waals surface area contributed by atoms with Crippen molar-refractivity contribution in [1.29, 1.82) is 0 Å². The molecule has 1 fully saturated rings. The van der Waals surface area contributed by atoms with E-state index in [1.54, 1.807) is 0 Å². The fraction of sp³-hybridized carbons (Fsp3) is 0.750. The van der Waals surface area contributed by atoms with Gasteiger partial charge < -0.3 is 5.32 Å². The lowest BCUT2D eigenvalue weighted by Crippen LogP contribution is -2.24. The molecule has 0 aromatic carbocycles. The molecule has 0 heterocycles. The first-order chi connectivity index (χ1) is 6.77. The topological polar surface area (TPSA) is 24.4 Å². The number of allylic oxidation sites excluding steroid dienone is 1. The molecule has 0 aliphatic heterocycles. The monoisotopic (exact) mass is 194 g/mol. The van der Waals surface area contributed by atoms with Crippen LogP contribution >= 0.6 is 0 Å². The quantitative estimate of drug-likeness (QED) is 0.644. The molecule has 2 unspecified atom stereocenters. The van der Waals surface area contributed by atoms with E-state index in [4.69, 9.17) is 0 Å². The molecule has 0 radical (unpaired) electrons. The number of hydrogen-bond acceptors (Lipinski definition) is 2. The highest BCUT2D eigenvalue weighted by Gasteiger charge is 2.31. The maximum Gasteiger partial charge on any atom is 0.0482 e. The Kier molecular flexibility index (Phi) is 4.88. The largest absolute Gasteiger partial charge is 0.311 e. The molecule has 2 atom stereocenters. The zero-order valence-electron chi connectivity index (χ0n) is 9.59. The van der Waals surface area contributed by atoms with Gasteiger partial charge in [0.05, 0.1) is 0 Å². The second-order valence-electron chi connectivity index (χ2n) is 4.07. The average Bonchev–Trinajstić information content (AvgIpc) is 2.83. The van der Waals surface area contributed by atoms with Crippen LogP contribution in [0.5, 0.6) is 0 Å². The summed E-state index contributed by atoms with van der Waals surface area (Å²) in [5.74, 6) is 1.86. The molecule has 0 spiro atoms. The minimum Gasteiger partial charge on any atom is -0.311 e. The van der Waals surface area contributed by atoms with Gasteiger partial charge in [-0.05, 0) is 44.7 Å². The van der Waals surface area contributed by atoms with Crippen molar-refractivity contribution >= 4 is 5.71 Å². The Morgan fingerprint density at radius 1 is 1.57 bits per heavy atom. The van der Waals surface area contributed by atoms with Gasteiger partial charge >= 0.3 is 0 Å². The summed E-state index contributed by atoms with van der Waals surface area (Å²) in [7, 11) is 0. The fourth-order valence-corrected chi connectivity index (χ4v) is 1.63. The van der Waals surface area contributed by atoms with E-state index >= 15 is 0 Å². The van der Waals surface area contributed by atoms with Crippen LogP contribution in [0, 0.1) is 11.8 Å². The first-order valence-corrected chi connectivity index (χ1v) is 5.64. The summed E-state index contributed by atoms with van der Waals surface area (Å²) in [6.45, 7) is 9.38. The van der Waals surface area contributed by atoms with E-state index in [0.717, 1.165) is 31.5 Å². The smallest absolute Gasteiger partial charge is 0.0482 e. The predicted octanol–water partition coefficient (Wildman–Crippen LogP) is 2.27. The Bertz CT molecular complexity index is 218. The Labute approximate surface area is 87.5 Å².